The zero-order valence-electron chi connectivity index (χ0n) is 14.6. The quantitative estimate of drug-likeness (QED) is 0.720. The maximum absolute atomic E-state index is 12.8. The van der Waals surface area contributed by atoms with E-state index in [-0.39, 0.29) is 11.8 Å². The van der Waals surface area contributed by atoms with Gasteiger partial charge < -0.3 is 0 Å². The first-order chi connectivity index (χ1) is 13.2. The molecular formula is C22H17N3O2. The Bertz CT molecular complexity index is 1130. The number of imide groups is 1. The standard InChI is InChI=1S/C22H17N3O2/c26-21-15-8-5-9-16(15)22(27)25(21)20-11-4-1-6-14(20)12-13-19-17-7-2-3-10-18(17)23-24-19/h1-4,6-7,10-13H,5,8-9H2,(H,23,24)/b13-12+. The molecule has 0 atom stereocenters. The first-order valence-electron chi connectivity index (χ1n) is 9.05. The van der Waals surface area contributed by atoms with Gasteiger partial charge in [-0.05, 0) is 43.0 Å². The van der Waals surface area contributed by atoms with Crippen molar-refractivity contribution >= 4 is 40.6 Å². The minimum Gasteiger partial charge on any atom is -0.277 e. The van der Waals surface area contributed by atoms with E-state index >= 15 is 0 Å². The molecule has 1 aliphatic carbocycles. The number of carbonyl (C=O) groups excluding carboxylic acids is 2. The molecule has 2 aromatic carbocycles. The second-order valence-electron chi connectivity index (χ2n) is 6.80. The number of aromatic nitrogens is 2. The van der Waals surface area contributed by atoms with Crippen molar-refractivity contribution in [3.8, 4) is 0 Å². The lowest BCUT2D eigenvalue weighted by Gasteiger charge is -2.18. The lowest BCUT2D eigenvalue weighted by atomic mass is 10.1. The summed E-state index contributed by atoms with van der Waals surface area (Å²) in [6.45, 7) is 0. The second kappa shape index (κ2) is 6.06. The van der Waals surface area contributed by atoms with E-state index in [1.807, 2.05) is 60.7 Å². The monoisotopic (exact) mass is 355 g/mol. The number of benzene rings is 2. The molecule has 0 saturated heterocycles. The zero-order chi connectivity index (χ0) is 18.4. The largest absolute Gasteiger partial charge is 0.277 e. The molecule has 1 aromatic heterocycles. The summed E-state index contributed by atoms with van der Waals surface area (Å²) in [5.41, 5.74) is 4.61. The molecule has 0 spiro atoms. The van der Waals surface area contributed by atoms with Gasteiger partial charge >= 0.3 is 0 Å². The molecule has 2 amide bonds. The number of hydrogen-bond acceptors (Lipinski definition) is 3. The van der Waals surface area contributed by atoms with Crippen molar-refractivity contribution in [3.05, 3.63) is 70.9 Å². The summed E-state index contributed by atoms with van der Waals surface area (Å²) in [5.74, 6) is -0.336. The predicted molar refractivity (Wildman–Crippen MR) is 105 cm³/mol. The van der Waals surface area contributed by atoms with Crippen LogP contribution in [0.25, 0.3) is 23.1 Å². The Morgan fingerprint density at radius 2 is 1.59 bits per heavy atom. The molecular weight excluding hydrogens is 338 g/mol. The fourth-order valence-corrected chi connectivity index (χ4v) is 3.91. The summed E-state index contributed by atoms with van der Waals surface area (Å²) in [5, 5.41) is 8.38. The maximum Gasteiger partial charge on any atom is 0.261 e. The molecule has 1 aliphatic heterocycles. The van der Waals surface area contributed by atoms with Gasteiger partial charge in [-0.3, -0.25) is 14.7 Å². The van der Waals surface area contributed by atoms with Crippen molar-refractivity contribution in [1.82, 2.24) is 10.2 Å². The van der Waals surface area contributed by atoms with Crippen LogP contribution in [0.5, 0.6) is 0 Å². The highest BCUT2D eigenvalue weighted by molar-refractivity contribution is 6.33. The third-order valence-corrected chi connectivity index (χ3v) is 5.24. The molecule has 132 valence electrons. The molecule has 3 aromatic rings. The van der Waals surface area contributed by atoms with Crippen LogP contribution in [0.1, 0.15) is 30.5 Å². The van der Waals surface area contributed by atoms with Crippen LogP contribution in [0.2, 0.25) is 0 Å². The van der Waals surface area contributed by atoms with Gasteiger partial charge in [-0.25, -0.2) is 4.90 Å². The smallest absolute Gasteiger partial charge is 0.261 e. The van der Waals surface area contributed by atoms with Crippen molar-refractivity contribution in [2.45, 2.75) is 19.3 Å². The Morgan fingerprint density at radius 1 is 0.889 bits per heavy atom. The molecule has 0 bridgehead atoms. The minimum atomic E-state index is -0.168. The Morgan fingerprint density at radius 3 is 2.41 bits per heavy atom. The van der Waals surface area contributed by atoms with Crippen LogP contribution in [0.15, 0.2) is 59.7 Å². The van der Waals surface area contributed by atoms with E-state index in [4.69, 9.17) is 0 Å². The van der Waals surface area contributed by atoms with Gasteiger partial charge in [-0.1, -0.05) is 42.5 Å². The average molecular weight is 355 g/mol. The van der Waals surface area contributed by atoms with E-state index in [0.29, 0.717) is 29.7 Å². The molecule has 2 heterocycles. The Kier molecular flexibility index (Phi) is 3.53. The summed E-state index contributed by atoms with van der Waals surface area (Å²) >= 11 is 0. The van der Waals surface area contributed by atoms with Crippen LogP contribution in [-0.2, 0) is 9.59 Å². The molecule has 1 N–H and O–H groups in total. The van der Waals surface area contributed by atoms with Gasteiger partial charge in [0.1, 0.15) is 0 Å². The lowest BCUT2D eigenvalue weighted by Crippen LogP contribution is -2.32. The first-order valence-corrected chi connectivity index (χ1v) is 9.05. The minimum absolute atomic E-state index is 0.168. The van der Waals surface area contributed by atoms with Gasteiger partial charge in [0.25, 0.3) is 11.8 Å². The highest BCUT2D eigenvalue weighted by atomic mass is 16.2. The third-order valence-electron chi connectivity index (χ3n) is 5.24. The first kappa shape index (κ1) is 15.8. The maximum atomic E-state index is 12.8. The average Bonchev–Trinajstić information content (AvgIpc) is 3.39. The predicted octanol–water partition coefficient (Wildman–Crippen LogP) is 4.09. The molecule has 0 fully saturated rings. The number of aromatic amines is 1. The molecule has 0 unspecified atom stereocenters. The molecule has 5 heteroatoms. The molecule has 27 heavy (non-hydrogen) atoms. The SMILES string of the molecule is O=C1C2=C(CCC2)C(=O)N1c1ccccc1/C=C/c1n[nH]c2ccccc12. The van der Waals surface area contributed by atoms with Crippen LogP contribution >= 0.6 is 0 Å². The Labute approximate surface area is 156 Å². The fourth-order valence-electron chi connectivity index (χ4n) is 3.91. The molecule has 0 radical (unpaired) electrons. The number of amides is 2. The van der Waals surface area contributed by atoms with Crippen LogP contribution < -0.4 is 4.90 Å². The van der Waals surface area contributed by atoms with Crippen molar-refractivity contribution in [2.24, 2.45) is 0 Å². The van der Waals surface area contributed by atoms with Crippen LogP contribution in [0.3, 0.4) is 0 Å². The van der Waals surface area contributed by atoms with Crippen LogP contribution in [0.4, 0.5) is 5.69 Å². The molecule has 5 rings (SSSR count). The zero-order valence-corrected chi connectivity index (χ0v) is 14.6. The molecule has 2 aliphatic rings. The fraction of sp³-hybridized carbons (Fsp3) is 0.136. The number of carbonyl (C=O) groups is 2. The van der Waals surface area contributed by atoms with E-state index in [1.165, 1.54) is 4.90 Å². The number of fused-ring (bicyclic) bond motifs is 1. The number of H-pyrrole nitrogens is 1. The van der Waals surface area contributed by atoms with Crippen LogP contribution in [0, 0.1) is 0 Å². The number of nitrogens with one attached hydrogen (secondary N) is 1. The number of hydrogen-bond donors (Lipinski definition) is 1. The van der Waals surface area contributed by atoms with E-state index in [2.05, 4.69) is 10.2 Å². The van der Waals surface area contributed by atoms with Crippen LogP contribution in [-0.4, -0.2) is 22.0 Å². The highest BCUT2D eigenvalue weighted by Crippen LogP contribution is 2.38. The summed E-state index contributed by atoms with van der Waals surface area (Å²) < 4.78 is 0. The van der Waals surface area contributed by atoms with E-state index < -0.39 is 0 Å². The Balaban J connectivity index is 1.52. The molecule has 5 nitrogen and oxygen atoms in total. The van der Waals surface area contributed by atoms with Crippen molar-refractivity contribution < 1.29 is 9.59 Å². The number of nitrogens with zero attached hydrogens (tertiary/aromatic N) is 2. The Hall–Kier alpha value is -3.47. The number of anilines is 1. The van der Waals surface area contributed by atoms with E-state index in [0.717, 1.165) is 28.6 Å². The van der Waals surface area contributed by atoms with Gasteiger partial charge in [0, 0.05) is 16.5 Å². The highest BCUT2D eigenvalue weighted by Gasteiger charge is 2.41. The number of para-hydroxylation sites is 2. The van der Waals surface area contributed by atoms with E-state index in [1.54, 1.807) is 0 Å². The summed E-state index contributed by atoms with van der Waals surface area (Å²) in [4.78, 5) is 26.9. The topological polar surface area (TPSA) is 66.1 Å². The van der Waals surface area contributed by atoms with E-state index in [9.17, 15) is 9.59 Å². The lowest BCUT2D eigenvalue weighted by molar-refractivity contribution is -0.120. The second-order valence-corrected chi connectivity index (χ2v) is 6.80. The van der Waals surface area contributed by atoms with Gasteiger partial charge in [-0.15, -0.1) is 0 Å². The summed E-state index contributed by atoms with van der Waals surface area (Å²) in [6, 6.07) is 15.4. The number of rotatable bonds is 3. The van der Waals surface area contributed by atoms with Gasteiger partial charge in [-0.2, -0.15) is 5.10 Å². The molecule has 0 saturated carbocycles. The van der Waals surface area contributed by atoms with Gasteiger partial charge in [0.2, 0.25) is 0 Å². The normalized spacial score (nSPS) is 17.0. The van der Waals surface area contributed by atoms with Crippen molar-refractivity contribution in [2.75, 3.05) is 4.90 Å². The van der Waals surface area contributed by atoms with Gasteiger partial charge in [0.05, 0.1) is 16.9 Å². The van der Waals surface area contributed by atoms with Crippen molar-refractivity contribution in [1.29, 1.82) is 0 Å². The third kappa shape index (κ3) is 2.43. The summed E-state index contributed by atoms with van der Waals surface area (Å²) in [6.07, 6.45) is 6.11. The van der Waals surface area contributed by atoms with Crippen molar-refractivity contribution in [3.63, 3.8) is 0 Å². The summed E-state index contributed by atoms with van der Waals surface area (Å²) in [7, 11) is 0. The van der Waals surface area contributed by atoms with Gasteiger partial charge in [0.15, 0.2) is 0 Å².